The van der Waals surface area contributed by atoms with Crippen LogP contribution >= 0.6 is 0 Å². The number of hydrogen-bond donors (Lipinski definition) is 3. The number of nitrogens with one attached hydrogen (secondary N) is 3. The first-order chi connectivity index (χ1) is 17.3. The number of carbonyl (C=O) groups is 2. The van der Waals surface area contributed by atoms with E-state index in [-0.39, 0.29) is 11.7 Å². The molecule has 4 amide bonds. The molecule has 36 heavy (non-hydrogen) atoms. The fourth-order valence-corrected chi connectivity index (χ4v) is 3.91. The van der Waals surface area contributed by atoms with E-state index in [1.807, 2.05) is 31.2 Å². The summed E-state index contributed by atoms with van der Waals surface area (Å²) >= 11 is 0. The fraction of sp³-hybridized carbons (Fsp3) is 0.231. The number of anilines is 4. The third kappa shape index (κ3) is 6.01. The average molecular weight is 496 g/mol. The van der Waals surface area contributed by atoms with Crippen molar-refractivity contribution in [3.63, 3.8) is 0 Å². The summed E-state index contributed by atoms with van der Waals surface area (Å²) < 4.78 is 32.2. The molecule has 0 saturated carbocycles. The Bertz CT molecular complexity index is 1240. The second-order valence-electron chi connectivity index (χ2n) is 8.36. The Morgan fingerprint density at radius 2 is 1.56 bits per heavy atom. The van der Waals surface area contributed by atoms with E-state index < -0.39 is 17.7 Å². The van der Waals surface area contributed by atoms with Crippen molar-refractivity contribution in [1.29, 1.82) is 0 Å². The lowest BCUT2D eigenvalue weighted by molar-refractivity contribution is 0.208. The fourth-order valence-electron chi connectivity index (χ4n) is 3.91. The number of carbonyl (C=O) groups excluding carboxylic acids is 2. The van der Waals surface area contributed by atoms with Gasteiger partial charge in [0.05, 0.1) is 18.5 Å². The maximum Gasteiger partial charge on any atom is 0.323 e. The number of amides is 4. The van der Waals surface area contributed by atoms with Crippen molar-refractivity contribution < 1.29 is 23.1 Å². The van der Waals surface area contributed by atoms with Crippen LogP contribution in [0.3, 0.4) is 0 Å². The lowest BCUT2D eigenvalue weighted by Gasteiger charge is -2.36. The van der Waals surface area contributed by atoms with E-state index in [1.54, 1.807) is 30.2 Å². The van der Waals surface area contributed by atoms with Gasteiger partial charge in [0.25, 0.3) is 0 Å². The van der Waals surface area contributed by atoms with Crippen LogP contribution in [0.25, 0.3) is 0 Å². The summed E-state index contributed by atoms with van der Waals surface area (Å²) in [5.41, 5.74) is 3.09. The SMILES string of the molecule is COc1ccc(C)cc1NC(=O)Nc1ccc(N2CCN(C(=O)Nc3ccc(F)cc3F)CC2)cc1. The third-order valence-corrected chi connectivity index (χ3v) is 5.83. The zero-order chi connectivity index (χ0) is 25.7. The molecule has 8 nitrogen and oxygen atoms in total. The summed E-state index contributed by atoms with van der Waals surface area (Å²) in [6.45, 7) is 3.98. The molecule has 0 unspecified atom stereocenters. The lowest BCUT2D eigenvalue weighted by Crippen LogP contribution is -2.50. The molecule has 10 heteroatoms. The highest BCUT2D eigenvalue weighted by Gasteiger charge is 2.22. The molecule has 0 atom stereocenters. The molecular weight excluding hydrogens is 468 g/mol. The molecule has 1 aliphatic rings. The van der Waals surface area contributed by atoms with Crippen molar-refractivity contribution in [3.8, 4) is 5.75 Å². The van der Waals surface area contributed by atoms with Gasteiger partial charge >= 0.3 is 12.1 Å². The maximum absolute atomic E-state index is 13.8. The molecule has 0 aliphatic carbocycles. The minimum Gasteiger partial charge on any atom is -0.495 e. The number of aryl methyl sites for hydroxylation is 1. The van der Waals surface area contributed by atoms with Crippen LogP contribution in [0, 0.1) is 18.6 Å². The van der Waals surface area contributed by atoms with Crippen LogP contribution in [-0.2, 0) is 0 Å². The molecular formula is C26H27F2N5O3. The van der Waals surface area contributed by atoms with Gasteiger partial charge < -0.3 is 30.5 Å². The minimum atomic E-state index is -0.817. The van der Waals surface area contributed by atoms with Gasteiger partial charge in [-0.1, -0.05) is 6.07 Å². The Hall–Kier alpha value is -4.34. The van der Waals surface area contributed by atoms with Crippen molar-refractivity contribution in [2.75, 3.05) is 54.1 Å². The zero-order valence-corrected chi connectivity index (χ0v) is 20.0. The molecule has 3 N–H and O–H groups in total. The van der Waals surface area contributed by atoms with E-state index in [9.17, 15) is 18.4 Å². The molecule has 0 aromatic heterocycles. The number of benzene rings is 3. The molecule has 3 aromatic rings. The Balaban J connectivity index is 1.28. The molecule has 188 valence electrons. The van der Waals surface area contributed by atoms with Crippen molar-refractivity contribution in [1.82, 2.24) is 4.90 Å². The number of piperazine rings is 1. The molecule has 1 fully saturated rings. The normalized spacial score (nSPS) is 13.2. The topological polar surface area (TPSA) is 85.9 Å². The third-order valence-electron chi connectivity index (χ3n) is 5.83. The Morgan fingerprint density at radius 1 is 0.833 bits per heavy atom. The van der Waals surface area contributed by atoms with Crippen LogP contribution in [0.2, 0.25) is 0 Å². The summed E-state index contributed by atoms with van der Waals surface area (Å²) in [7, 11) is 1.55. The number of ether oxygens (including phenoxy) is 1. The second-order valence-corrected chi connectivity index (χ2v) is 8.36. The van der Waals surface area contributed by atoms with Crippen LogP contribution in [0.4, 0.5) is 41.1 Å². The first-order valence-corrected chi connectivity index (χ1v) is 11.4. The summed E-state index contributed by atoms with van der Waals surface area (Å²) in [5, 5.41) is 8.09. The van der Waals surface area contributed by atoms with E-state index in [0.717, 1.165) is 23.4 Å². The molecule has 0 spiro atoms. The molecule has 0 bridgehead atoms. The first kappa shape index (κ1) is 24.8. The summed E-state index contributed by atoms with van der Waals surface area (Å²) in [4.78, 5) is 28.6. The quantitative estimate of drug-likeness (QED) is 0.450. The zero-order valence-electron chi connectivity index (χ0n) is 20.0. The van der Waals surface area contributed by atoms with E-state index in [0.29, 0.717) is 43.3 Å². The van der Waals surface area contributed by atoms with Gasteiger partial charge in [-0.2, -0.15) is 0 Å². The predicted molar refractivity (Wildman–Crippen MR) is 136 cm³/mol. The van der Waals surface area contributed by atoms with E-state index in [2.05, 4.69) is 20.9 Å². The lowest BCUT2D eigenvalue weighted by atomic mass is 10.2. The van der Waals surface area contributed by atoms with Gasteiger partial charge in [-0.15, -0.1) is 0 Å². The standard InChI is InChI=1S/C26H27F2N5O3/c1-17-3-10-24(36-2)23(15-17)30-25(34)29-19-5-7-20(8-6-19)32-11-13-33(14-12-32)26(35)31-22-9-4-18(27)16-21(22)28/h3-10,15-16H,11-14H2,1-2H3,(H,31,35)(H2,29,30,34). The number of methoxy groups -OCH3 is 1. The van der Waals surface area contributed by atoms with Crippen molar-refractivity contribution in [2.45, 2.75) is 6.92 Å². The van der Waals surface area contributed by atoms with E-state index in [1.165, 1.54) is 6.07 Å². The van der Waals surface area contributed by atoms with Gasteiger partial charge in [0.2, 0.25) is 0 Å². The largest absolute Gasteiger partial charge is 0.495 e. The monoisotopic (exact) mass is 495 g/mol. The van der Waals surface area contributed by atoms with Gasteiger partial charge in [-0.25, -0.2) is 18.4 Å². The van der Waals surface area contributed by atoms with Gasteiger partial charge in [-0.3, -0.25) is 0 Å². The molecule has 1 saturated heterocycles. The number of urea groups is 2. The number of nitrogens with zero attached hydrogens (tertiary/aromatic N) is 2. The minimum absolute atomic E-state index is 0.0585. The number of hydrogen-bond acceptors (Lipinski definition) is 4. The molecule has 4 rings (SSSR count). The second kappa shape index (κ2) is 10.9. The van der Waals surface area contributed by atoms with Gasteiger partial charge in [0.15, 0.2) is 0 Å². The Labute approximate surface area is 207 Å². The molecule has 1 heterocycles. The molecule has 1 aliphatic heterocycles. The van der Waals surface area contributed by atoms with Crippen molar-refractivity contribution in [3.05, 3.63) is 77.9 Å². The highest BCUT2D eigenvalue weighted by atomic mass is 19.1. The average Bonchev–Trinajstić information content (AvgIpc) is 2.86. The molecule has 0 radical (unpaired) electrons. The maximum atomic E-state index is 13.8. The predicted octanol–water partition coefficient (Wildman–Crippen LogP) is 5.28. The highest BCUT2D eigenvalue weighted by Crippen LogP contribution is 2.26. The van der Waals surface area contributed by atoms with Crippen molar-refractivity contribution in [2.24, 2.45) is 0 Å². The first-order valence-electron chi connectivity index (χ1n) is 11.4. The summed E-state index contributed by atoms with van der Waals surface area (Å²) in [6.07, 6.45) is 0. The Kier molecular flexibility index (Phi) is 7.53. The number of halogens is 2. The van der Waals surface area contributed by atoms with Gasteiger partial charge in [0, 0.05) is 43.6 Å². The van der Waals surface area contributed by atoms with E-state index >= 15 is 0 Å². The molecule has 3 aromatic carbocycles. The van der Waals surface area contributed by atoms with Gasteiger partial charge in [0.1, 0.15) is 17.4 Å². The van der Waals surface area contributed by atoms with Crippen LogP contribution in [-0.4, -0.2) is 50.3 Å². The Morgan fingerprint density at radius 3 is 2.22 bits per heavy atom. The summed E-state index contributed by atoms with van der Waals surface area (Å²) in [6, 6.07) is 15.1. The van der Waals surface area contributed by atoms with Crippen LogP contribution in [0.5, 0.6) is 5.75 Å². The van der Waals surface area contributed by atoms with Crippen LogP contribution in [0.1, 0.15) is 5.56 Å². The highest BCUT2D eigenvalue weighted by molar-refractivity contribution is 6.00. The smallest absolute Gasteiger partial charge is 0.323 e. The van der Waals surface area contributed by atoms with Crippen LogP contribution in [0.15, 0.2) is 60.7 Å². The van der Waals surface area contributed by atoms with E-state index in [4.69, 9.17) is 4.74 Å². The van der Waals surface area contributed by atoms with Gasteiger partial charge in [-0.05, 0) is 61.0 Å². The van der Waals surface area contributed by atoms with Crippen LogP contribution < -0.4 is 25.6 Å². The summed E-state index contributed by atoms with van der Waals surface area (Å²) in [5.74, 6) is -0.948. The number of rotatable bonds is 5. The van der Waals surface area contributed by atoms with Crippen molar-refractivity contribution >= 4 is 34.8 Å².